The van der Waals surface area contributed by atoms with Gasteiger partial charge in [0, 0.05) is 36.8 Å². The maximum Gasteiger partial charge on any atom is 0.0729 e. The predicted molar refractivity (Wildman–Crippen MR) is 95.2 cm³/mol. The van der Waals surface area contributed by atoms with E-state index >= 15 is 0 Å². The Bertz CT molecular complexity index is 822. The van der Waals surface area contributed by atoms with Crippen LogP contribution in [0.4, 0.5) is 5.69 Å². The molecular formula is C16H13Cl2N3S. The van der Waals surface area contributed by atoms with Crippen LogP contribution in [0.5, 0.6) is 0 Å². The van der Waals surface area contributed by atoms with E-state index < -0.39 is 0 Å². The van der Waals surface area contributed by atoms with E-state index in [2.05, 4.69) is 38.3 Å². The van der Waals surface area contributed by atoms with Gasteiger partial charge in [-0.2, -0.15) is 0 Å². The minimum Gasteiger partial charge on any atom is -0.358 e. The van der Waals surface area contributed by atoms with E-state index in [1.807, 2.05) is 12.1 Å². The van der Waals surface area contributed by atoms with Gasteiger partial charge in [-0.05, 0) is 23.3 Å². The van der Waals surface area contributed by atoms with Crippen LogP contribution in [0, 0.1) is 0 Å². The van der Waals surface area contributed by atoms with E-state index in [4.69, 9.17) is 23.2 Å². The van der Waals surface area contributed by atoms with Crippen LogP contribution in [0.2, 0.25) is 10.0 Å². The fraction of sp³-hybridized carbons (Fsp3) is 0.125. The molecule has 0 unspecified atom stereocenters. The lowest BCUT2D eigenvalue weighted by Crippen LogP contribution is -2.09. The molecule has 0 bridgehead atoms. The Balaban J connectivity index is 1.53. The molecule has 3 aromatic rings. The average Bonchev–Trinajstić information content (AvgIpc) is 3.11. The number of rotatable bonds is 3. The second-order valence-electron chi connectivity index (χ2n) is 5.24. The second-order valence-corrected chi connectivity index (χ2v) is 6.96. The molecule has 22 heavy (non-hydrogen) atoms. The molecule has 0 radical (unpaired) electrons. The van der Waals surface area contributed by atoms with E-state index in [0.717, 1.165) is 29.7 Å². The van der Waals surface area contributed by atoms with Gasteiger partial charge in [0.15, 0.2) is 0 Å². The number of nitrogens with zero attached hydrogens (tertiary/aromatic N) is 1. The van der Waals surface area contributed by atoms with Gasteiger partial charge in [0.25, 0.3) is 0 Å². The molecule has 2 aromatic carbocycles. The summed E-state index contributed by atoms with van der Waals surface area (Å²) in [7, 11) is 0. The van der Waals surface area contributed by atoms with Crippen molar-refractivity contribution in [2.75, 3.05) is 4.72 Å². The lowest BCUT2D eigenvalue weighted by Gasteiger charge is -2.15. The molecule has 0 amide bonds. The highest BCUT2D eigenvalue weighted by Gasteiger charge is 2.19. The third-order valence-corrected chi connectivity index (χ3v) is 5.27. The number of hydrogen-bond acceptors (Lipinski definition) is 3. The Kier molecular flexibility index (Phi) is 3.70. The molecule has 1 aromatic heterocycles. The summed E-state index contributed by atoms with van der Waals surface area (Å²) < 4.78 is 5.69. The molecule has 0 atom stereocenters. The van der Waals surface area contributed by atoms with Crippen LogP contribution in [0.1, 0.15) is 11.1 Å². The van der Waals surface area contributed by atoms with E-state index in [1.54, 1.807) is 18.3 Å². The molecule has 0 fully saturated rings. The van der Waals surface area contributed by atoms with Gasteiger partial charge in [-0.25, -0.2) is 4.31 Å². The zero-order chi connectivity index (χ0) is 15.1. The first-order valence-corrected chi connectivity index (χ1v) is 8.45. The largest absolute Gasteiger partial charge is 0.358 e. The summed E-state index contributed by atoms with van der Waals surface area (Å²) in [5.74, 6) is 0. The Hall–Kier alpha value is -1.33. The van der Waals surface area contributed by atoms with Crippen molar-refractivity contribution < 1.29 is 0 Å². The van der Waals surface area contributed by atoms with Crippen molar-refractivity contribution in [2.45, 2.75) is 13.1 Å². The van der Waals surface area contributed by atoms with Crippen molar-refractivity contribution in [3.8, 4) is 0 Å². The molecule has 0 saturated carbocycles. The van der Waals surface area contributed by atoms with Crippen LogP contribution in [-0.4, -0.2) is 9.29 Å². The number of anilines is 1. The Morgan fingerprint density at radius 1 is 1.00 bits per heavy atom. The SMILES string of the molecule is Clc1ccc(NSN2Cc3ccccc3C2)c2[nH]cc(Cl)c12. The standard InChI is InChI=1S/C16H13Cl2N3S/c17-12-5-6-14(16-15(12)13(18)7-19-16)20-22-21-8-10-3-1-2-4-11(10)9-21/h1-7,19-20H,8-9H2. The summed E-state index contributed by atoms with van der Waals surface area (Å²) in [5, 5.41) is 2.16. The van der Waals surface area contributed by atoms with Gasteiger partial charge < -0.3 is 9.71 Å². The van der Waals surface area contributed by atoms with Gasteiger partial charge in [-0.15, -0.1) is 0 Å². The molecule has 1 aliphatic rings. The zero-order valence-corrected chi connectivity index (χ0v) is 13.9. The molecule has 0 saturated heterocycles. The van der Waals surface area contributed by atoms with Crippen molar-refractivity contribution in [1.29, 1.82) is 0 Å². The molecule has 1 aliphatic heterocycles. The maximum atomic E-state index is 6.21. The number of aromatic nitrogens is 1. The first-order valence-electron chi connectivity index (χ1n) is 6.92. The van der Waals surface area contributed by atoms with Gasteiger partial charge in [-0.3, -0.25) is 0 Å². The number of halogens is 2. The number of benzene rings is 2. The first-order chi connectivity index (χ1) is 10.7. The number of H-pyrrole nitrogens is 1. The van der Waals surface area contributed by atoms with Crippen molar-refractivity contribution in [1.82, 2.24) is 9.29 Å². The van der Waals surface area contributed by atoms with Crippen LogP contribution < -0.4 is 4.72 Å². The van der Waals surface area contributed by atoms with E-state index in [-0.39, 0.29) is 0 Å². The Morgan fingerprint density at radius 2 is 1.73 bits per heavy atom. The second kappa shape index (κ2) is 5.70. The minimum atomic E-state index is 0.641. The summed E-state index contributed by atoms with van der Waals surface area (Å²) in [5.41, 5.74) is 4.69. The van der Waals surface area contributed by atoms with Crippen molar-refractivity contribution >= 4 is 51.9 Å². The topological polar surface area (TPSA) is 31.1 Å². The van der Waals surface area contributed by atoms with Crippen molar-refractivity contribution in [3.63, 3.8) is 0 Å². The molecule has 3 nitrogen and oxygen atoms in total. The Morgan fingerprint density at radius 3 is 2.45 bits per heavy atom. The van der Waals surface area contributed by atoms with Crippen LogP contribution in [0.3, 0.4) is 0 Å². The van der Waals surface area contributed by atoms with Crippen LogP contribution in [0.15, 0.2) is 42.6 Å². The highest BCUT2D eigenvalue weighted by molar-refractivity contribution is 7.98. The molecule has 4 rings (SSSR count). The van der Waals surface area contributed by atoms with Crippen LogP contribution >= 0.6 is 35.3 Å². The fourth-order valence-corrected chi connectivity index (χ4v) is 4.10. The maximum absolute atomic E-state index is 6.21. The van der Waals surface area contributed by atoms with E-state index in [1.165, 1.54) is 11.1 Å². The lowest BCUT2D eigenvalue weighted by atomic mass is 10.1. The molecule has 2 N–H and O–H groups in total. The smallest absolute Gasteiger partial charge is 0.0729 e. The zero-order valence-electron chi connectivity index (χ0n) is 11.6. The highest BCUT2D eigenvalue weighted by Crippen LogP contribution is 2.36. The number of nitrogens with one attached hydrogen (secondary N) is 2. The number of fused-ring (bicyclic) bond motifs is 2. The molecule has 2 heterocycles. The third kappa shape index (κ3) is 2.46. The number of hydrogen-bond donors (Lipinski definition) is 2. The molecular weight excluding hydrogens is 337 g/mol. The fourth-order valence-electron chi connectivity index (χ4n) is 2.73. The number of aromatic amines is 1. The minimum absolute atomic E-state index is 0.641. The van der Waals surface area contributed by atoms with Crippen LogP contribution in [-0.2, 0) is 13.1 Å². The normalized spacial score (nSPS) is 14.5. The summed E-state index contributed by atoms with van der Waals surface area (Å²) >= 11 is 14.0. The van der Waals surface area contributed by atoms with Crippen molar-refractivity contribution in [2.24, 2.45) is 0 Å². The molecule has 6 heteroatoms. The van der Waals surface area contributed by atoms with Crippen molar-refractivity contribution in [3.05, 3.63) is 63.8 Å². The van der Waals surface area contributed by atoms with Gasteiger partial charge in [-0.1, -0.05) is 47.5 Å². The molecule has 112 valence electrons. The summed E-state index contributed by atoms with van der Waals surface area (Å²) in [6.07, 6.45) is 1.76. The van der Waals surface area contributed by atoms with E-state index in [0.29, 0.717) is 10.0 Å². The lowest BCUT2D eigenvalue weighted by molar-refractivity contribution is 0.511. The first kappa shape index (κ1) is 14.3. The average molecular weight is 350 g/mol. The summed E-state index contributed by atoms with van der Waals surface area (Å²) in [6.45, 7) is 1.88. The van der Waals surface area contributed by atoms with Gasteiger partial charge in [0.05, 0.1) is 21.2 Å². The molecule has 0 aliphatic carbocycles. The monoisotopic (exact) mass is 349 g/mol. The third-order valence-electron chi connectivity index (χ3n) is 3.83. The van der Waals surface area contributed by atoms with Crippen LogP contribution in [0.25, 0.3) is 10.9 Å². The summed E-state index contributed by atoms with van der Waals surface area (Å²) in [6, 6.07) is 12.4. The quantitative estimate of drug-likeness (QED) is 0.615. The highest BCUT2D eigenvalue weighted by atomic mass is 35.5. The predicted octanol–water partition coefficient (Wildman–Crippen LogP) is 5.47. The van der Waals surface area contributed by atoms with E-state index in [9.17, 15) is 0 Å². The van der Waals surface area contributed by atoms with Gasteiger partial charge in [0.2, 0.25) is 0 Å². The van der Waals surface area contributed by atoms with Gasteiger partial charge >= 0.3 is 0 Å². The molecule has 0 spiro atoms. The Labute approximate surface area is 142 Å². The van der Waals surface area contributed by atoms with Gasteiger partial charge in [0.1, 0.15) is 0 Å². The summed E-state index contributed by atoms with van der Waals surface area (Å²) in [4.78, 5) is 3.18.